The van der Waals surface area contributed by atoms with Crippen LogP contribution in [-0.4, -0.2) is 97.7 Å². The Morgan fingerprint density at radius 3 is 2.48 bits per heavy atom. The van der Waals surface area contributed by atoms with Gasteiger partial charge in [-0.1, -0.05) is 48.6 Å². The van der Waals surface area contributed by atoms with E-state index in [1.165, 1.54) is 0 Å². The maximum absolute atomic E-state index is 14.8. The van der Waals surface area contributed by atoms with Crippen LogP contribution in [0.3, 0.4) is 0 Å². The first-order valence-corrected chi connectivity index (χ1v) is 17.0. The summed E-state index contributed by atoms with van der Waals surface area (Å²) in [6.07, 6.45) is 9.98. The normalized spacial score (nSPS) is 28.1. The van der Waals surface area contributed by atoms with Crippen LogP contribution in [0.1, 0.15) is 39.5 Å². The Labute approximate surface area is 279 Å². The van der Waals surface area contributed by atoms with Crippen molar-refractivity contribution < 1.29 is 29.0 Å². The van der Waals surface area contributed by atoms with E-state index in [2.05, 4.69) is 10.3 Å². The molecule has 4 aliphatic heterocycles. The molecular weight excluding hydrogens is 612 g/mol. The minimum Gasteiger partial charge on any atom is -0.494 e. The number of carbonyl (C=O) groups excluding carboxylic acids is 3. The Hall–Kier alpha value is -4.55. The maximum atomic E-state index is 14.8. The summed E-state index contributed by atoms with van der Waals surface area (Å²) in [6, 6.07) is 14.0. The zero-order valence-electron chi connectivity index (χ0n) is 27.4. The van der Waals surface area contributed by atoms with Crippen molar-refractivity contribution in [2.75, 3.05) is 37.7 Å². The minimum absolute atomic E-state index is 0.0532. The number of aliphatic hydroxyl groups excluding tert-OH is 1. The van der Waals surface area contributed by atoms with E-state index in [-0.39, 0.29) is 37.5 Å². The summed E-state index contributed by atoms with van der Waals surface area (Å²) in [5.41, 5.74) is -0.223. The third-order valence-corrected chi connectivity index (χ3v) is 10.3. The first-order valence-electron chi connectivity index (χ1n) is 17.0. The van der Waals surface area contributed by atoms with Crippen molar-refractivity contribution in [3.05, 3.63) is 72.8 Å². The Morgan fingerprint density at radius 1 is 0.917 bits per heavy atom. The Morgan fingerprint density at radius 2 is 1.71 bits per heavy atom. The number of likely N-dealkylation sites (tertiary alicyclic amines) is 1. The van der Waals surface area contributed by atoms with Crippen LogP contribution in [0, 0.1) is 11.8 Å². The van der Waals surface area contributed by atoms with Gasteiger partial charge in [0.1, 0.15) is 29.6 Å². The number of aliphatic hydroxyl groups is 1. The number of amides is 3. The van der Waals surface area contributed by atoms with E-state index < -0.39 is 29.1 Å². The van der Waals surface area contributed by atoms with Crippen LogP contribution >= 0.6 is 0 Å². The fourth-order valence-electron chi connectivity index (χ4n) is 8.05. The number of benzene rings is 2. The Balaban J connectivity index is 1.27. The molecule has 1 N–H and O–H groups in total. The number of para-hydroxylation sites is 1. The molecule has 5 heterocycles. The number of hydrogen-bond acceptors (Lipinski definition) is 8. The predicted molar refractivity (Wildman–Crippen MR) is 178 cm³/mol. The van der Waals surface area contributed by atoms with Gasteiger partial charge in [-0.3, -0.25) is 14.4 Å². The third kappa shape index (κ3) is 5.09. The maximum Gasteiger partial charge on any atom is 0.250 e. The second-order valence-corrected chi connectivity index (χ2v) is 12.9. The van der Waals surface area contributed by atoms with Crippen LogP contribution < -0.4 is 9.64 Å². The summed E-state index contributed by atoms with van der Waals surface area (Å²) in [7, 11) is 0. The molecule has 5 atom stereocenters. The van der Waals surface area contributed by atoms with Crippen molar-refractivity contribution in [3.63, 3.8) is 0 Å². The lowest BCUT2D eigenvalue weighted by molar-refractivity contribution is -0.153. The molecule has 12 nitrogen and oxygen atoms in total. The highest BCUT2D eigenvalue weighted by molar-refractivity contribution is 6.04. The molecule has 3 amide bonds. The molecule has 1 unspecified atom stereocenters. The van der Waals surface area contributed by atoms with Crippen LogP contribution in [0.25, 0.3) is 11.0 Å². The first-order chi connectivity index (χ1) is 23.4. The fraction of sp³-hybridized carbons (Fsp3) is 0.472. The number of fused-ring (bicyclic) bond motifs is 3. The predicted octanol–water partition coefficient (Wildman–Crippen LogP) is 3.31. The van der Waals surface area contributed by atoms with E-state index in [9.17, 15) is 19.5 Å². The molecule has 3 aromatic rings. The van der Waals surface area contributed by atoms with E-state index in [1.54, 1.807) is 19.4 Å². The summed E-state index contributed by atoms with van der Waals surface area (Å²) in [5.74, 6) is -1.79. The van der Waals surface area contributed by atoms with Crippen molar-refractivity contribution in [1.82, 2.24) is 24.8 Å². The van der Waals surface area contributed by atoms with Crippen molar-refractivity contribution in [3.8, 4) is 5.75 Å². The van der Waals surface area contributed by atoms with Gasteiger partial charge in [0, 0.05) is 31.9 Å². The van der Waals surface area contributed by atoms with Crippen molar-refractivity contribution in [2.45, 2.75) is 63.4 Å². The Kier molecular flexibility index (Phi) is 8.55. The van der Waals surface area contributed by atoms with Gasteiger partial charge >= 0.3 is 0 Å². The molecule has 1 spiro atoms. The van der Waals surface area contributed by atoms with Gasteiger partial charge in [-0.15, -0.1) is 5.10 Å². The van der Waals surface area contributed by atoms with E-state index in [0.29, 0.717) is 56.8 Å². The van der Waals surface area contributed by atoms with Gasteiger partial charge < -0.3 is 29.3 Å². The van der Waals surface area contributed by atoms with Gasteiger partial charge in [-0.25, -0.2) is 4.68 Å². The van der Waals surface area contributed by atoms with E-state index in [1.807, 2.05) is 86.7 Å². The number of unbranched alkanes of at least 4 members (excludes halogenated alkanes) is 2. The van der Waals surface area contributed by atoms with Gasteiger partial charge in [0.2, 0.25) is 11.8 Å². The second-order valence-electron chi connectivity index (χ2n) is 12.9. The van der Waals surface area contributed by atoms with Crippen LogP contribution in [0.15, 0.2) is 72.8 Å². The molecule has 2 saturated heterocycles. The first kappa shape index (κ1) is 32.0. The molecule has 2 aromatic carbocycles. The largest absolute Gasteiger partial charge is 0.494 e. The van der Waals surface area contributed by atoms with Crippen molar-refractivity contribution >= 4 is 34.4 Å². The second kappa shape index (κ2) is 12.8. The molecule has 1 aromatic heterocycles. The highest BCUT2D eigenvalue weighted by atomic mass is 16.5. The number of nitrogens with zero attached hydrogens (tertiary/aromatic N) is 6. The van der Waals surface area contributed by atoms with Gasteiger partial charge in [0.15, 0.2) is 0 Å². The van der Waals surface area contributed by atoms with Crippen LogP contribution in [0.4, 0.5) is 5.69 Å². The Bertz CT molecular complexity index is 1750. The molecule has 7 rings (SSSR count). The summed E-state index contributed by atoms with van der Waals surface area (Å²) in [4.78, 5) is 49.3. The van der Waals surface area contributed by atoms with Crippen LogP contribution in [-0.2, 0) is 25.8 Å². The van der Waals surface area contributed by atoms with E-state index in [0.717, 1.165) is 11.0 Å². The number of anilines is 1. The van der Waals surface area contributed by atoms with Crippen LogP contribution in [0.5, 0.6) is 5.75 Å². The third-order valence-electron chi connectivity index (χ3n) is 10.3. The quantitative estimate of drug-likeness (QED) is 0.246. The lowest BCUT2D eigenvalue weighted by atomic mass is 9.73. The van der Waals surface area contributed by atoms with Gasteiger partial charge in [-0.2, -0.15) is 0 Å². The molecule has 4 aliphatic rings. The monoisotopic (exact) mass is 654 g/mol. The minimum atomic E-state index is -1.35. The molecule has 0 bridgehead atoms. The molecule has 12 heteroatoms. The molecule has 0 saturated carbocycles. The average Bonchev–Trinajstić information content (AvgIpc) is 3.64. The SMILES string of the molecule is CCOc1ccc(N2CC=C[C@@]3(CC)O[C@]45C=CCN(Cn6nnc7ccccc76)C(=O)C4N(CCCCCO)C(=O)[C@@H]5[C@H]3C2=O)cc1. The summed E-state index contributed by atoms with van der Waals surface area (Å²) in [6.45, 7) is 5.52. The highest BCUT2D eigenvalue weighted by Gasteiger charge is 2.75. The lowest BCUT2D eigenvalue weighted by Gasteiger charge is -2.38. The average molecular weight is 655 g/mol. The molecule has 2 fully saturated rings. The number of rotatable bonds is 11. The summed E-state index contributed by atoms with van der Waals surface area (Å²) >= 11 is 0. The van der Waals surface area contributed by atoms with Crippen molar-refractivity contribution in [1.29, 1.82) is 0 Å². The van der Waals surface area contributed by atoms with Gasteiger partial charge in [0.05, 0.1) is 29.6 Å². The van der Waals surface area contributed by atoms with Crippen LogP contribution in [0.2, 0.25) is 0 Å². The summed E-state index contributed by atoms with van der Waals surface area (Å²) < 4.78 is 14.4. The standard InChI is InChI=1S/C36H42N6O6/c1-3-35-18-10-22-40(25-14-16-26(17-15-25)47-4-2)32(44)29(35)30-33(45)41(21-8-5-9-23-43)31-34(46)39(20-11-19-36(30,31)48-35)24-42-28-13-7-6-12-27(28)37-38-42/h6-7,10-19,29-31,43H,3-5,8-9,20-24H2,1-2H3/t29-,30-,31?,35+,36-/m0/s1. The molecule has 0 radical (unpaired) electrons. The smallest absolute Gasteiger partial charge is 0.250 e. The number of aromatic nitrogens is 3. The zero-order valence-corrected chi connectivity index (χ0v) is 27.4. The molecule has 48 heavy (non-hydrogen) atoms. The van der Waals surface area contributed by atoms with Gasteiger partial charge in [-0.05, 0) is 69.0 Å². The number of hydrogen-bond donors (Lipinski definition) is 1. The topological polar surface area (TPSA) is 130 Å². The molecule has 0 aliphatic carbocycles. The fourth-order valence-corrected chi connectivity index (χ4v) is 8.05. The van der Waals surface area contributed by atoms with E-state index in [4.69, 9.17) is 9.47 Å². The van der Waals surface area contributed by atoms with Crippen molar-refractivity contribution in [2.24, 2.45) is 11.8 Å². The highest BCUT2D eigenvalue weighted by Crippen LogP contribution is 2.58. The number of ether oxygens (including phenoxy) is 2. The van der Waals surface area contributed by atoms with E-state index >= 15 is 0 Å². The summed E-state index contributed by atoms with van der Waals surface area (Å²) in [5, 5.41) is 18.0. The molecular formula is C36H42N6O6. The van der Waals surface area contributed by atoms with Gasteiger partial charge in [0.25, 0.3) is 5.91 Å². The lowest BCUT2D eigenvalue weighted by Crippen LogP contribution is -2.56. The zero-order chi connectivity index (χ0) is 33.5. The number of carbonyl (C=O) groups is 3. The molecule has 252 valence electrons.